The second kappa shape index (κ2) is 17.4. The highest BCUT2D eigenvalue weighted by Crippen LogP contribution is 2.30. The molecule has 0 aliphatic carbocycles. The molecular weight excluding hydrogens is 644 g/mol. The van der Waals surface area contributed by atoms with Gasteiger partial charge in [0.25, 0.3) is 0 Å². The van der Waals surface area contributed by atoms with Crippen molar-refractivity contribution in [3.05, 3.63) is 70.8 Å². The molecule has 6 unspecified atom stereocenters. The third kappa shape index (κ3) is 9.38. The number of methoxy groups -OCH3 is 2. The molecule has 2 heterocycles. The van der Waals surface area contributed by atoms with Gasteiger partial charge < -0.3 is 59.8 Å². The van der Waals surface area contributed by atoms with E-state index >= 15 is 0 Å². The number of allylic oxidation sites excluding steroid dienone is 2. The Morgan fingerprint density at radius 2 is 0.980 bits per heavy atom. The summed E-state index contributed by atoms with van der Waals surface area (Å²) >= 11 is 0. The van der Waals surface area contributed by atoms with Crippen molar-refractivity contribution in [2.45, 2.75) is 80.3 Å². The number of aliphatic hydroxyl groups is 8. The molecule has 0 aromatic heterocycles. The molecule has 4 rings (SSSR count). The average molecular weight is 689 g/mol. The van der Waals surface area contributed by atoms with Crippen molar-refractivity contribution in [1.82, 2.24) is 0 Å². The first-order valence-corrected chi connectivity index (χ1v) is 15.8. The second-order valence-corrected chi connectivity index (χ2v) is 12.1. The van der Waals surface area contributed by atoms with Crippen LogP contribution in [0.15, 0.2) is 48.6 Å². The molecule has 14 heteroatoms. The van der Waals surface area contributed by atoms with Crippen LogP contribution in [-0.4, -0.2) is 141 Å². The minimum absolute atomic E-state index is 0.112. The number of hydrogen-bond donors (Lipinski definition) is 8. The molecule has 0 spiro atoms. The Hall–Kier alpha value is -3.54. The fourth-order valence-electron chi connectivity index (χ4n) is 5.86. The van der Waals surface area contributed by atoms with Crippen molar-refractivity contribution < 1.29 is 69.4 Å². The van der Waals surface area contributed by atoms with Crippen molar-refractivity contribution in [2.24, 2.45) is 0 Å². The first-order chi connectivity index (χ1) is 23.4. The largest absolute Gasteiger partial charge is 0.496 e. The monoisotopic (exact) mass is 688 g/mol. The van der Waals surface area contributed by atoms with Crippen LogP contribution >= 0.6 is 0 Å². The molecule has 8 N–H and O–H groups in total. The Morgan fingerprint density at radius 1 is 0.612 bits per heavy atom. The minimum Gasteiger partial charge on any atom is -0.496 e. The van der Waals surface area contributed by atoms with E-state index in [0.29, 0.717) is 33.8 Å². The summed E-state index contributed by atoms with van der Waals surface area (Å²) < 4.78 is 22.1. The van der Waals surface area contributed by atoms with Gasteiger partial charge in [-0.3, -0.25) is 9.59 Å². The van der Waals surface area contributed by atoms with Gasteiger partial charge in [0.2, 0.25) is 0 Å². The molecule has 0 amide bonds. The first-order valence-electron chi connectivity index (χ1n) is 15.8. The quantitative estimate of drug-likeness (QED) is 0.0855. The number of carbonyl (C=O) groups is 2. The van der Waals surface area contributed by atoms with Gasteiger partial charge in [-0.2, -0.15) is 0 Å². The lowest BCUT2D eigenvalue weighted by atomic mass is 9.91. The molecule has 2 aliphatic rings. The fourth-order valence-corrected chi connectivity index (χ4v) is 5.86. The van der Waals surface area contributed by atoms with Crippen molar-refractivity contribution >= 4 is 23.7 Å². The third-order valence-electron chi connectivity index (χ3n) is 8.72. The van der Waals surface area contributed by atoms with Crippen molar-refractivity contribution in [3.63, 3.8) is 0 Å². The molecule has 0 radical (unpaired) electrons. The summed E-state index contributed by atoms with van der Waals surface area (Å²) in [4.78, 5) is 25.1. The second-order valence-electron chi connectivity index (χ2n) is 12.1. The van der Waals surface area contributed by atoms with Crippen LogP contribution in [0.5, 0.6) is 11.5 Å². The number of ketones is 2. The molecule has 2 aromatic carbocycles. The fraction of sp³-hybridized carbons (Fsp3) is 0.486. The van der Waals surface area contributed by atoms with Gasteiger partial charge in [-0.25, -0.2) is 0 Å². The number of aliphatic hydroxyl groups excluding tert-OH is 8. The number of benzene rings is 2. The predicted molar refractivity (Wildman–Crippen MR) is 174 cm³/mol. The van der Waals surface area contributed by atoms with E-state index in [1.54, 1.807) is 36.4 Å². The van der Waals surface area contributed by atoms with Gasteiger partial charge in [0.1, 0.15) is 60.3 Å². The number of rotatable bonds is 14. The Labute approximate surface area is 283 Å². The van der Waals surface area contributed by atoms with E-state index in [9.17, 15) is 50.4 Å². The van der Waals surface area contributed by atoms with Crippen LogP contribution in [0.2, 0.25) is 0 Å². The van der Waals surface area contributed by atoms with E-state index in [1.165, 1.54) is 38.5 Å². The van der Waals surface area contributed by atoms with E-state index in [-0.39, 0.29) is 19.3 Å². The van der Waals surface area contributed by atoms with Crippen molar-refractivity contribution in [2.75, 3.05) is 27.4 Å². The maximum absolute atomic E-state index is 12.5. The Bertz CT molecular complexity index is 1380. The summed E-state index contributed by atoms with van der Waals surface area (Å²) in [6.07, 6.45) is -7.12. The van der Waals surface area contributed by atoms with Crippen LogP contribution in [0.25, 0.3) is 12.2 Å². The Morgan fingerprint density at radius 3 is 1.33 bits per heavy atom. The standard InChI is InChI=1S/C35H44O14/c1-46-24-11-18(3-7-20(24)13-26-30(40)34(44)32(42)28(16-36)48-26)5-9-22(38)15-23(39)10-6-19-4-8-21(25(12-19)47-2)14-27-31(41)35(45)33(43)29(17-37)49-27/h3-12,26-37,40-45H,13-17H2,1-2H3/t26?,27?,28-,29?,30?,31+,32?,33-,34-,35?/m1/s1. The summed E-state index contributed by atoms with van der Waals surface area (Å²) in [6.45, 7) is -1.07. The summed E-state index contributed by atoms with van der Waals surface area (Å²) in [5.74, 6) is -0.0432. The lowest BCUT2D eigenvalue weighted by Gasteiger charge is -2.40. The maximum atomic E-state index is 12.5. The molecule has 10 atom stereocenters. The summed E-state index contributed by atoms with van der Waals surface area (Å²) in [7, 11) is 2.89. The molecule has 2 aromatic rings. The Kier molecular flexibility index (Phi) is 13.6. The number of carbonyl (C=O) groups excluding carboxylic acids is 2. The number of ether oxygens (including phenoxy) is 4. The van der Waals surface area contributed by atoms with E-state index in [1.807, 2.05) is 0 Å². The first kappa shape index (κ1) is 38.3. The maximum Gasteiger partial charge on any atom is 0.163 e. The molecule has 14 nitrogen and oxygen atoms in total. The lowest BCUT2D eigenvalue weighted by Crippen LogP contribution is -2.59. The summed E-state index contributed by atoms with van der Waals surface area (Å²) in [6, 6.07) is 10.1. The zero-order valence-electron chi connectivity index (χ0n) is 27.1. The van der Waals surface area contributed by atoms with Gasteiger partial charge >= 0.3 is 0 Å². The summed E-state index contributed by atoms with van der Waals surface area (Å²) in [5.41, 5.74) is 2.44. The van der Waals surface area contributed by atoms with Crippen LogP contribution in [0.1, 0.15) is 28.7 Å². The average Bonchev–Trinajstić information content (AvgIpc) is 3.10. The predicted octanol–water partition coefficient (Wildman–Crippen LogP) is -1.27. The topological polar surface area (TPSA) is 233 Å². The normalized spacial score (nSPS) is 30.5. The smallest absolute Gasteiger partial charge is 0.163 e. The minimum atomic E-state index is -1.49. The SMILES string of the molecule is COc1cc(C=CC(=O)CC(=O)C=Cc2ccc(CC3OC(CO)[C@@H](O)C(O)[C@H]3O)c(OC)c2)ccc1CC1O[C@H](CO)C(O)[C@H](O)C1O. The summed E-state index contributed by atoms with van der Waals surface area (Å²) in [5, 5.41) is 79.8. The highest BCUT2D eigenvalue weighted by Gasteiger charge is 2.44. The molecule has 0 bridgehead atoms. The van der Waals surface area contributed by atoms with Gasteiger partial charge in [-0.1, -0.05) is 36.4 Å². The van der Waals surface area contributed by atoms with Crippen LogP contribution in [0.3, 0.4) is 0 Å². The molecule has 2 fully saturated rings. The van der Waals surface area contributed by atoms with Crippen LogP contribution in [0.4, 0.5) is 0 Å². The van der Waals surface area contributed by atoms with Gasteiger partial charge in [0.15, 0.2) is 11.6 Å². The molecule has 2 saturated heterocycles. The molecule has 268 valence electrons. The van der Waals surface area contributed by atoms with Gasteiger partial charge in [0.05, 0.1) is 46.1 Å². The Balaban J connectivity index is 1.33. The van der Waals surface area contributed by atoms with Gasteiger partial charge in [-0.05, 0) is 46.5 Å². The van der Waals surface area contributed by atoms with E-state index in [0.717, 1.165) is 0 Å². The highest BCUT2D eigenvalue weighted by molar-refractivity contribution is 6.10. The van der Waals surface area contributed by atoms with E-state index in [2.05, 4.69) is 0 Å². The zero-order valence-corrected chi connectivity index (χ0v) is 27.1. The molecule has 49 heavy (non-hydrogen) atoms. The molecular formula is C35H44O14. The highest BCUT2D eigenvalue weighted by atomic mass is 16.6. The van der Waals surface area contributed by atoms with E-state index in [4.69, 9.17) is 18.9 Å². The number of hydrogen-bond acceptors (Lipinski definition) is 14. The van der Waals surface area contributed by atoms with Crippen LogP contribution in [-0.2, 0) is 31.9 Å². The van der Waals surface area contributed by atoms with Gasteiger partial charge in [0, 0.05) is 12.8 Å². The van der Waals surface area contributed by atoms with Crippen LogP contribution < -0.4 is 9.47 Å². The van der Waals surface area contributed by atoms with Crippen molar-refractivity contribution in [1.29, 1.82) is 0 Å². The molecule has 0 saturated carbocycles. The van der Waals surface area contributed by atoms with Crippen LogP contribution in [0, 0.1) is 0 Å². The third-order valence-corrected chi connectivity index (χ3v) is 8.72. The van der Waals surface area contributed by atoms with Crippen molar-refractivity contribution in [3.8, 4) is 11.5 Å². The zero-order chi connectivity index (χ0) is 35.8. The lowest BCUT2D eigenvalue weighted by molar-refractivity contribution is -0.228. The van der Waals surface area contributed by atoms with Gasteiger partial charge in [-0.15, -0.1) is 0 Å². The van der Waals surface area contributed by atoms with E-state index < -0.39 is 85.8 Å². The molecule has 2 aliphatic heterocycles.